The molecule has 2 unspecified atom stereocenters. The summed E-state index contributed by atoms with van der Waals surface area (Å²) in [4.78, 5) is 22.9. The summed E-state index contributed by atoms with van der Waals surface area (Å²) in [6, 6.07) is 5.78. The Morgan fingerprint density at radius 1 is 1.18 bits per heavy atom. The monoisotopic (exact) mass is 411 g/mol. The normalized spacial score (nSPS) is 16.2. The number of carbonyl (C=O) groups is 1. The average Bonchev–Trinajstić information content (AvgIpc) is 2.59. The highest BCUT2D eigenvalue weighted by molar-refractivity contribution is 7.60. The lowest BCUT2D eigenvalue weighted by molar-refractivity contribution is -0.384. The van der Waals surface area contributed by atoms with E-state index in [1.807, 2.05) is 13.8 Å². The lowest BCUT2D eigenvalue weighted by atomic mass is 10.2. The molecule has 0 aliphatic carbocycles. The van der Waals surface area contributed by atoms with Crippen LogP contribution in [0.15, 0.2) is 29.6 Å². The van der Waals surface area contributed by atoms with Crippen LogP contribution in [-0.4, -0.2) is 22.9 Å². The predicted octanol–water partition coefficient (Wildman–Crippen LogP) is 6.13. The van der Waals surface area contributed by atoms with Crippen LogP contribution in [0, 0.1) is 10.1 Å². The lowest BCUT2D eigenvalue weighted by Crippen LogP contribution is -2.15. The number of benzene rings is 1. The molecular formula is C20H30NO6P. The minimum atomic E-state index is -3.92. The second-order valence-corrected chi connectivity index (χ2v) is 8.74. The summed E-state index contributed by atoms with van der Waals surface area (Å²) >= 11 is 0. The summed E-state index contributed by atoms with van der Waals surface area (Å²) in [6.07, 6.45) is 3.63. The Kier molecular flexibility index (Phi) is 9.73. The molecule has 0 aliphatic heterocycles. The van der Waals surface area contributed by atoms with Gasteiger partial charge < -0.3 is 9.05 Å². The topological polar surface area (TPSA) is 95.7 Å². The molecule has 0 aliphatic rings. The standard InChI is InChI=1S/C20H30NO6P/c1-6-9-15(3)26-28(25,27-16(4)10-7-2)20(17(5)22)14-18-11-8-12-19(13-18)21(23)24/h8,11-16H,6-7,9-10H2,1-5H3. The van der Waals surface area contributed by atoms with Gasteiger partial charge in [0.25, 0.3) is 5.69 Å². The predicted molar refractivity (Wildman–Crippen MR) is 110 cm³/mol. The number of nitrogens with zero attached hydrogens (tertiary/aromatic N) is 1. The smallest absolute Gasteiger partial charge is 0.302 e. The molecular weight excluding hydrogens is 381 g/mol. The number of allylic oxidation sites excluding steroid dienone is 1. The van der Waals surface area contributed by atoms with E-state index in [1.54, 1.807) is 19.9 Å². The van der Waals surface area contributed by atoms with Crippen LogP contribution in [0.25, 0.3) is 6.08 Å². The molecule has 0 spiro atoms. The molecule has 0 radical (unpaired) electrons. The van der Waals surface area contributed by atoms with E-state index < -0.39 is 18.3 Å². The second kappa shape index (κ2) is 11.2. The van der Waals surface area contributed by atoms with Gasteiger partial charge in [-0.15, -0.1) is 0 Å². The number of hydrogen-bond acceptors (Lipinski definition) is 6. The number of nitro groups is 1. The van der Waals surface area contributed by atoms with Crippen molar-refractivity contribution in [3.63, 3.8) is 0 Å². The molecule has 2 atom stereocenters. The summed E-state index contributed by atoms with van der Waals surface area (Å²) < 4.78 is 25.2. The van der Waals surface area contributed by atoms with Crippen LogP contribution in [0.3, 0.4) is 0 Å². The zero-order chi connectivity index (χ0) is 21.3. The number of carbonyl (C=O) groups excluding carboxylic acids is 1. The van der Waals surface area contributed by atoms with E-state index in [1.165, 1.54) is 31.2 Å². The van der Waals surface area contributed by atoms with E-state index in [9.17, 15) is 19.5 Å². The maximum Gasteiger partial charge on any atom is 0.365 e. The maximum atomic E-state index is 13.7. The minimum absolute atomic E-state index is 0.0982. The maximum absolute atomic E-state index is 13.7. The van der Waals surface area contributed by atoms with E-state index in [0.717, 1.165) is 12.8 Å². The number of ketones is 1. The first-order valence-corrected chi connectivity index (χ1v) is 11.1. The third-order valence-corrected chi connectivity index (χ3v) is 6.38. The van der Waals surface area contributed by atoms with Crippen LogP contribution in [0.2, 0.25) is 0 Å². The van der Waals surface area contributed by atoms with Gasteiger partial charge in [-0.3, -0.25) is 19.5 Å². The van der Waals surface area contributed by atoms with Crippen molar-refractivity contribution in [2.75, 3.05) is 0 Å². The van der Waals surface area contributed by atoms with Gasteiger partial charge in [0.05, 0.1) is 17.1 Å². The minimum Gasteiger partial charge on any atom is -0.302 e. The van der Waals surface area contributed by atoms with Gasteiger partial charge in [0.2, 0.25) is 0 Å². The number of hydrogen-bond donors (Lipinski definition) is 0. The van der Waals surface area contributed by atoms with Crippen LogP contribution in [0.1, 0.15) is 65.9 Å². The van der Waals surface area contributed by atoms with Crippen molar-refractivity contribution in [3.05, 3.63) is 45.3 Å². The number of Topliss-reactive ketones (excluding diaryl/α,β-unsaturated/α-hetero) is 1. The first-order chi connectivity index (χ1) is 13.1. The van der Waals surface area contributed by atoms with Crippen molar-refractivity contribution >= 4 is 25.1 Å². The van der Waals surface area contributed by atoms with E-state index in [2.05, 4.69) is 0 Å². The van der Waals surface area contributed by atoms with E-state index >= 15 is 0 Å². The molecule has 28 heavy (non-hydrogen) atoms. The van der Waals surface area contributed by atoms with Gasteiger partial charge in [0.1, 0.15) is 5.31 Å². The zero-order valence-corrected chi connectivity index (χ0v) is 18.1. The third-order valence-electron chi connectivity index (χ3n) is 4.07. The van der Waals surface area contributed by atoms with Crippen LogP contribution in [0.4, 0.5) is 5.69 Å². The van der Waals surface area contributed by atoms with Crippen molar-refractivity contribution in [3.8, 4) is 0 Å². The second-order valence-electron chi connectivity index (χ2n) is 6.84. The molecule has 156 valence electrons. The SMILES string of the molecule is CCCC(C)OP(=O)(OC(C)CCC)C(=Cc1cccc([N+](=O)[O-])c1)C(C)=O. The molecule has 0 aromatic heterocycles. The quantitative estimate of drug-likeness (QED) is 0.178. The number of nitro benzene ring substituents is 1. The van der Waals surface area contributed by atoms with Crippen molar-refractivity contribution < 1.29 is 23.3 Å². The summed E-state index contributed by atoms with van der Waals surface area (Å²) in [6.45, 7) is 8.83. The fraction of sp³-hybridized carbons (Fsp3) is 0.550. The molecule has 7 nitrogen and oxygen atoms in total. The largest absolute Gasteiger partial charge is 0.365 e. The van der Waals surface area contributed by atoms with Crippen molar-refractivity contribution in [1.82, 2.24) is 0 Å². The molecule has 1 aromatic rings. The molecule has 0 saturated carbocycles. The van der Waals surface area contributed by atoms with Crippen molar-refractivity contribution in [2.45, 2.75) is 72.5 Å². The molecule has 0 heterocycles. The van der Waals surface area contributed by atoms with Gasteiger partial charge in [-0.2, -0.15) is 0 Å². The number of rotatable bonds is 12. The Morgan fingerprint density at radius 2 is 1.71 bits per heavy atom. The zero-order valence-electron chi connectivity index (χ0n) is 17.2. The van der Waals surface area contributed by atoms with E-state index in [0.29, 0.717) is 18.4 Å². The summed E-state index contributed by atoms with van der Waals surface area (Å²) in [7, 11) is -3.92. The Hall–Kier alpha value is -1.82. The van der Waals surface area contributed by atoms with Crippen LogP contribution in [-0.2, 0) is 18.4 Å². The van der Waals surface area contributed by atoms with Gasteiger partial charge in [0.15, 0.2) is 5.78 Å². The first kappa shape index (κ1) is 24.2. The Bertz CT molecular complexity index is 743. The van der Waals surface area contributed by atoms with Gasteiger partial charge in [0, 0.05) is 12.1 Å². The summed E-state index contributed by atoms with van der Waals surface area (Å²) in [5.74, 6) is -0.456. The molecule has 0 amide bonds. The highest BCUT2D eigenvalue weighted by atomic mass is 31.2. The molecule has 0 saturated heterocycles. The van der Waals surface area contributed by atoms with E-state index in [-0.39, 0.29) is 23.2 Å². The lowest BCUT2D eigenvalue weighted by Gasteiger charge is -2.26. The number of non-ortho nitro benzene ring substituents is 1. The van der Waals surface area contributed by atoms with Gasteiger partial charge in [-0.05, 0) is 45.3 Å². The Balaban J connectivity index is 3.41. The van der Waals surface area contributed by atoms with Gasteiger partial charge >= 0.3 is 7.60 Å². The Morgan fingerprint density at radius 3 is 2.14 bits per heavy atom. The van der Waals surface area contributed by atoms with Crippen LogP contribution < -0.4 is 0 Å². The first-order valence-electron chi connectivity index (χ1n) is 9.57. The molecule has 1 aromatic carbocycles. The van der Waals surface area contributed by atoms with Gasteiger partial charge in [-0.1, -0.05) is 38.8 Å². The fourth-order valence-corrected chi connectivity index (χ4v) is 4.92. The summed E-state index contributed by atoms with van der Waals surface area (Å²) in [5.41, 5.74) is 0.269. The highest BCUT2D eigenvalue weighted by Gasteiger charge is 2.37. The van der Waals surface area contributed by atoms with Crippen molar-refractivity contribution in [1.29, 1.82) is 0 Å². The highest BCUT2D eigenvalue weighted by Crippen LogP contribution is 2.59. The fourth-order valence-electron chi connectivity index (χ4n) is 2.79. The van der Waals surface area contributed by atoms with E-state index in [4.69, 9.17) is 9.05 Å². The molecule has 0 N–H and O–H groups in total. The van der Waals surface area contributed by atoms with Crippen LogP contribution in [0.5, 0.6) is 0 Å². The Labute approximate surface area is 166 Å². The molecule has 0 bridgehead atoms. The average molecular weight is 411 g/mol. The molecule has 1 rings (SSSR count). The van der Waals surface area contributed by atoms with Crippen LogP contribution >= 0.6 is 7.60 Å². The van der Waals surface area contributed by atoms with Crippen molar-refractivity contribution in [2.24, 2.45) is 0 Å². The molecule has 8 heteroatoms. The molecule has 0 fully saturated rings. The van der Waals surface area contributed by atoms with Gasteiger partial charge in [-0.25, -0.2) is 0 Å². The summed E-state index contributed by atoms with van der Waals surface area (Å²) in [5, 5.41) is 10.9. The third kappa shape index (κ3) is 7.30.